The Morgan fingerprint density at radius 2 is 2.10 bits per heavy atom. The standard InChI is InChI=1S/C14H20N4O2S/c1-18(2)14(6-3-7-14)10-17-21(19,20)13-5-4-11(9-15)8-12(13)16/h4-5,8,17H,3,6-7,10,16H2,1-2H3. The van der Waals surface area contributed by atoms with E-state index in [1.807, 2.05) is 20.2 Å². The highest BCUT2D eigenvalue weighted by atomic mass is 32.2. The number of nitrogen functional groups attached to an aromatic ring is 1. The molecule has 0 unspecified atom stereocenters. The van der Waals surface area contributed by atoms with Crippen LogP contribution in [0.5, 0.6) is 0 Å². The van der Waals surface area contributed by atoms with Crippen LogP contribution in [0.25, 0.3) is 0 Å². The molecular formula is C14H20N4O2S. The molecule has 6 nitrogen and oxygen atoms in total. The molecular weight excluding hydrogens is 288 g/mol. The van der Waals surface area contributed by atoms with E-state index in [1.54, 1.807) is 0 Å². The van der Waals surface area contributed by atoms with Crippen molar-refractivity contribution in [2.24, 2.45) is 0 Å². The third-order valence-electron chi connectivity index (χ3n) is 4.25. The van der Waals surface area contributed by atoms with Crippen molar-refractivity contribution < 1.29 is 8.42 Å². The maximum atomic E-state index is 12.4. The number of nitrogens with zero attached hydrogens (tertiary/aromatic N) is 2. The Bertz CT molecular complexity index is 673. The molecule has 0 saturated heterocycles. The number of likely N-dealkylation sites (N-methyl/N-ethyl adjacent to an activating group) is 1. The van der Waals surface area contributed by atoms with Crippen LogP contribution < -0.4 is 10.5 Å². The van der Waals surface area contributed by atoms with Crippen molar-refractivity contribution in [2.45, 2.75) is 29.7 Å². The summed E-state index contributed by atoms with van der Waals surface area (Å²) in [6.07, 6.45) is 3.07. The first kappa shape index (κ1) is 15.8. The van der Waals surface area contributed by atoms with Gasteiger partial charge in [0.25, 0.3) is 0 Å². The predicted molar refractivity (Wildman–Crippen MR) is 81.0 cm³/mol. The Balaban J connectivity index is 2.18. The zero-order valence-electron chi connectivity index (χ0n) is 12.3. The normalized spacial score (nSPS) is 17.2. The lowest BCUT2D eigenvalue weighted by atomic mass is 9.76. The molecule has 0 amide bonds. The van der Waals surface area contributed by atoms with Gasteiger partial charge >= 0.3 is 0 Å². The van der Waals surface area contributed by atoms with E-state index >= 15 is 0 Å². The van der Waals surface area contributed by atoms with Crippen LogP contribution in [0, 0.1) is 11.3 Å². The van der Waals surface area contributed by atoms with Crippen molar-refractivity contribution >= 4 is 15.7 Å². The summed E-state index contributed by atoms with van der Waals surface area (Å²) in [6, 6.07) is 6.14. The van der Waals surface area contributed by atoms with Crippen LogP contribution in [0.15, 0.2) is 23.1 Å². The Morgan fingerprint density at radius 3 is 2.52 bits per heavy atom. The molecule has 0 bridgehead atoms. The van der Waals surface area contributed by atoms with Gasteiger partial charge in [0.05, 0.1) is 17.3 Å². The molecule has 1 aliphatic carbocycles. The van der Waals surface area contributed by atoms with Gasteiger partial charge in [0.2, 0.25) is 10.0 Å². The largest absolute Gasteiger partial charge is 0.398 e. The smallest absolute Gasteiger partial charge is 0.242 e. The molecule has 0 aliphatic heterocycles. The minimum atomic E-state index is -3.67. The van der Waals surface area contributed by atoms with Crippen molar-refractivity contribution in [1.82, 2.24) is 9.62 Å². The zero-order chi connectivity index (χ0) is 15.7. The molecule has 1 aromatic carbocycles. The molecule has 1 aromatic rings. The molecule has 3 N–H and O–H groups in total. The van der Waals surface area contributed by atoms with Gasteiger partial charge in [-0.05, 0) is 51.6 Å². The monoisotopic (exact) mass is 308 g/mol. The second-order valence-electron chi connectivity index (χ2n) is 5.66. The lowest BCUT2D eigenvalue weighted by molar-refractivity contribution is 0.0657. The van der Waals surface area contributed by atoms with Crippen LogP contribution in [0.4, 0.5) is 5.69 Å². The zero-order valence-corrected chi connectivity index (χ0v) is 13.1. The summed E-state index contributed by atoms with van der Waals surface area (Å²) in [4.78, 5) is 2.09. The van der Waals surface area contributed by atoms with Gasteiger partial charge in [0.1, 0.15) is 4.90 Å². The third-order valence-corrected chi connectivity index (χ3v) is 5.73. The van der Waals surface area contributed by atoms with Gasteiger partial charge in [0, 0.05) is 12.1 Å². The molecule has 1 aliphatic rings. The summed E-state index contributed by atoms with van der Waals surface area (Å²) in [6.45, 7) is 0.363. The van der Waals surface area contributed by atoms with E-state index in [9.17, 15) is 8.42 Å². The molecule has 114 valence electrons. The summed E-state index contributed by atoms with van der Waals surface area (Å²) in [5, 5.41) is 8.79. The highest BCUT2D eigenvalue weighted by molar-refractivity contribution is 7.89. The quantitative estimate of drug-likeness (QED) is 0.787. The molecule has 0 atom stereocenters. The molecule has 0 spiro atoms. The van der Waals surface area contributed by atoms with E-state index < -0.39 is 10.0 Å². The van der Waals surface area contributed by atoms with Crippen molar-refractivity contribution in [1.29, 1.82) is 5.26 Å². The molecule has 0 heterocycles. The first-order valence-corrected chi connectivity index (χ1v) is 8.26. The van der Waals surface area contributed by atoms with E-state index in [4.69, 9.17) is 11.0 Å². The number of hydrogen-bond acceptors (Lipinski definition) is 5. The molecule has 21 heavy (non-hydrogen) atoms. The van der Waals surface area contributed by atoms with E-state index in [0.29, 0.717) is 12.1 Å². The molecule has 7 heteroatoms. The highest BCUT2D eigenvalue weighted by Gasteiger charge is 2.40. The predicted octanol–water partition coefficient (Wildman–Crippen LogP) is 0.903. The first-order chi connectivity index (χ1) is 9.81. The Kier molecular flexibility index (Phi) is 4.23. The summed E-state index contributed by atoms with van der Waals surface area (Å²) in [5.74, 6) is 0. The summed E-state index contributed by atoms with van der Waals surface area (Å²) >= 11 is 0. The van der Waals surface area contributed by atoms with Crippen LogP contribution in [0.3, 0.4) is 0 Å². The molecule has 0 aromatic heterocycles. The molecule has 2 rings (SSSR count). The van der Waals surface area contributed by atoms with Crippen LogP contribution in [-0.4, -0.2) is 39.5 Å². The van der Waals surface area contributed by atoms with Gasteiger partial charge in [-0.25, -0.2) is 13.1 Å². The Hall–Kier alpha value is -1.62. The summed E-state index contributed by atoms with van der Waals surface area (Å²) in [7, 11) is 0.254. The van der Waals surface area contributed by atoms with Gasteiger partial charge in [-0.2, -0.15) is 5.26 Å². The lowest BCUT2D eigenvalue weighted by Crippen LogP contribution is -2.57. The van der Waals surface area contributed by atoms with E-state index in [0.717, 1.165) is 19.3 Å². The molecule has 1 saturated carbocycles. The third kappa shape index (κ3) is 3.02. The number of rotatable bonds is 5. The number of nitrogens with one attached hydrogen (secondary N) is 1. The van der Waals surface area contributed by atoms with Gasteiger partial charge in [-0.15, -0.1) is 0 Å². The van der Waals surface area contributed by atoms with E-state index in [1.165, 1.54) is 18.2 Å². The van der Waals surface area contributed by atoms with Crippen LogP contribution in [-0.2, 0) is 10.0 Å². The number of benzene rings is 1. The summed E-state index contributed by atoms with van der Waals surface area (Å²) < 4.78 is 27.4. The van der Waals surface area contributed by atoms with Crippen LogP contribution in [0.2, 0.25) is 0 Å². The van der Waals surface area contributed by atoms with E-state index in [-0.39, 0.29) is 16.1 Å². The maximum Gasteiger partial charge on any atom is 0.242 e. The fourth-order valence-corrected chi connectivity index (χ4v) is 3.77. The molecule has 0 radical (unpaired) electrons. The maximum absolute atomic E-state index is 12.4. The fourth-order valence-electron chi connectivity index (χ4n) is 2.54. The minimum absolute atomic E-state index is 0.0229. The summed E-state index contributed by atoms with van der Waals surface area (Å²) in [5.41, 5.74) is 6.08. The number of sulfonamides is 1. The number of anilines is 1. The van der Waals surface area contributed by atoms with Gasteiger partial charge in [-0.3, -0.25) is 0 Å². The second-order valence-corrected chi connectivity index (χ2v) is 7.40. The van der Waals surface area contributed by atoms with Crippen molar-refractivity contribution in [2.75, 3.05) is 26.4 Å². The number of nitriles is 1. The molecule has 1 fully saturated rings. The van der Waals surface area contributed by atoms with Gasteiger partial charge in [-0.1, -0.05) is 0 Å². The van der Waals surface area contributed by atoms with Crippen molar-refractivity contribution in [3.8, 4) is 6.07 Å². The average Bonchev–Trinajstić information content (AvgIpc) is 2.36. The van der Waals surface area contributed by atoms with Gasteiger partial charge < -0.3 is 10.6 Å². The van der Waals surface area contributed by atoms with Crippen molar-refractivity contribution in [3.05, 3.63) is 23.8 Å². The van der Waals surface area contributed by atoms with E-state index in [2.05, 4.69) is 9.62 Å². The average molecular weight is 308 g/mol. The number of nitrogens with two attached hydrogens (primary N) is 1. The highest BCUT2D eigenvalue weighted by Crippen LogP contribution is 2.35. The Labute approximate surface area is 125 Å². The Morgan fingerprint density at radius 1 is 1.43 bits per heavy atom. The topological polar surface area (TPSA) is 99.2 Å². The van der Waals surface area contributed by atoms with Crippen LogP contribution in [0.1, 0.15) is 24.8 Å². The van der Waals surface area contributed by atoms with Crippen molar-refractivity contribution in [3.63, 3.8) is 0 Å². The van der Waals surface area contributed by atoms with Crippen LogP contribution >= 0.6 is 0 Å². The SMILES string of the molecule is CN(C)C1(CNS(=O)(=O)c2ccc(C#N)cc2N)CCC1. The number of hydrogen-bond donors (Lipinski definition) is 2. The second kappa shape index (κ2) is 5.64. The van der Waals surface area contributed by atoms with Gasteiger partial charge in [0.15, 0.2) is 0 Å². The lowest BCUT2D eigenvalue weighted by Gasteiger charge is -2.47. The first-order valence-electron chi connectivity index (χ1n) is 6.77. The fraction of sp³-hybridized carbons (Fsp3) is 0.500. The minimum Gasteiger partial charge on any atom is -0.398 e.